The average molecular weight is 365 g/mol. The van der Waals surface area contributed by atoms with Crippen LogP contribution in [-0.4, -0.2) is 11.7 Å². The Bertz CT molecular complexity index is 607. The molecule has 0 aliphatic rings. The van der Waals surface area contributed by atoms with Crippen LogP contribution in [0.5, 0.6) is 5.75 Å². The van der Waals surface area contributed by atoms with E-state index in [4.69, 9.17) is 10.00 Å². The summed E-state index contributed by atoms with van der Waals surface area (Å²) in [5, 5.41) is 18.9. The summed E-state index contributed by atoms with van der Waals surface area (Å²) >= 11 is 2.18. The lowest BCUT2D eigenvalue weighted by Gasteiger charge is -2.13. The molecular weight excluding hydrogens is 353 g/mol. The van der Waals surface area contributed by atoms with Crippen molar-refractivity contribution in [3.8, 4) is 11.8 Å². The van der Waals surface area contributed by atoms with Gasteiger partial charge in [-0.15, -0.1) is 0 Å². The van der Waals surface area contributed by atoms with Gasteiger partial charge in [0.15, 0.2) is 0 Å². The first kappa shape index (κ1) is 13.8. The molecule has 2 aromatic carbocycles. The highest BCUT2D eigenvalue weighted by Crippen LogP contribution is 2.22. The highest BCUT2D eigenvalue weighted by molar-refractivity contribution is 14.1. The van der Waals surface area contributed by atoms with E-state index in [-0.39, 0.29) is 6.61 Å². The van der Waals surface area contributed by atoms with E-state index < -0.39 is 6.10 Å². The van der Waals surface area contributed by atoms with Gasteiger partial charge < -0.3 is 9.84 Å². The molecule has 0 radical (unpaired) electrons. The minimum absolute atomic E-state index is 0.162. The summed E-state index contributed by atoms with van der Waals surface area (Å²) in [6, 6.07) is 16.6. The van der Waals surface area contributed by atoms with Gasteiger partial charge in [0.2, 0.25) is 0 Å². The topological polar surface area (TPSA) is 53.2 Å². The van der Waals surface area contributed by atoms with Crippen molar-refractivity contribution in [3.05, 3.63) is 63.2 Å². The Morgan fingerprint density at radius 1 is 1.21 bits per heavy atom. The van der Waals surface area contributed by atoms with E-state index >= 15 is 0 Å². The van der Waals surface area contributed by atoms with Crippen LogP contribution in [0.2, 0.25) is 0 Å². The molecule has 0 saturated carbocycles. The van der Waals surface area contributed by atoms with Crippen molar-refractivity contribution in [3.63, 3.8) is 0 Å². The van der Waals surface area contributed by atoms with Gasteiger partial charge in [0, 0.05) is 0 Å². The molecule has 0 aromatic heterocycles. The molecule has 1 N–H and O–H groups in total. The quantitative estimate of drug-likeness (QED) is 0.847. The molecule has 2 aromatic rings. The second-order valence-electron chi connectivity index (χ2n) is 3.99. The van der Waals surface area contributed by atoms with E-state index in [0.717, 1.165) is 9.32 Å². The van der Waals surface area contributed by atoms with Crippen LogP contribution in [-0.2, 0) is 0 Å². The molecule has 0 spiro atoms. The Morgan fingerprint density at radius 3 is 2.74 bits per heavy atom. The molecule has 3 nitrogen and oxygen atoms in total. The van der Waals surface area contributed by atoms with E-state index in [1.807, 2.05) is 24.3 Å². The van der Waals surface area contributed by atoms with E-state index in [0.29, 0.717) is 11.1 Å². The molecule has 0 aliphatic carbocycles. The zero-order valence-electron chi connectivity index (χ0n) is 10.1. The molecule has 0 unspecified atom stereocenters. The summed E-state index contributed by atoms with van der Waals surface area (Å²) in [4.78, 5) is 0. The number of benzene rings is 2. The Balaban J connectivity index is 2.03. The molecule has 0 heterocycles. The molecule has 19 heavy (non-hydrogen) atoms. The number of para-hydroxylation sites is 1. The summed E-state index contributed by atoms with van der Waals surface area (Å²) in [7, 11) is 0. The lowest BCUT2D eigenvalue weighted by molar-refractivity contribution is 0.107. The first-order valence-corrected chi connectivity index (χ1v) is 6.84. The van der Waals surface area contributed by atoms with Gasteiger partial charge in [-0.3, -0.25) is 0 Å². The SMILES string of the molecule is N#Cc1cccc([C@@H](O)COc2ccccc2I)c1. The van der Waals surface area contributed by atoms with E-state index in [1.54, 1.807) is 24.3 Å². The third-order valence-corrected chi connectivity index (χ3v) is 3.53. The zero-order chi connectivity index (χ0) is 13.7. The van der Waals surface area contributed by atoms with Crippen LogP contribution in [0, 0.1) is 14.9 Å². The van der Waals surface area contributed by atoms with Gasteiger partial charge in [0.25, 0.3) is 0 Å². The third-order valence-electron chi connectivity index (χ3n) is 2.63. The molecule has 0 bridgehead atoms. The van der Waals surface area contributed by atoms with Gasteiger partial charge in [-0.25, -0.2) is 0 Å². The minimum Gasteiger partial charge on any atom is -0.489 e. The van der Waals surface area contributed by atoms with Crippen molar-refractivity contribution in [1.29, 1.82) is 5.26 Å². The van der Waals surface area contributed by atoms with Crippen molar-refractivity contribution in [1.82, 2.24) is 0 Å². The number of aliphatic hydroxyl groups is 1. The number of rotatable bonds is 4. The largest absolute Gasteiger partial charge is 0.489 e. The number of halogens is 1. The first-order chi connectivity index (χ1) is 9.20. The molecule has 96 valence electrons. The van der Waals surface area contributed by atoms with Crippen LogP contribution in [0.25, 0.3) is 0 Å². The van der Waals surface area contributed by atoms with E-state index in [2.05, 4.69) is 28.7 Å². The zero-order valence-corrected chi connectivity index (χ0v) is 12.2. The van der Waals surface area contributed by atoms with Crippen LogP contribution < -0.4 is 4.74 Å². The lowest BCUT2D eigenvalue weighted by Crippen LogP contribution is -2.10. The fourth-order valence-corrected chi connectivity index (χ4v) is 2.19. The predicted octanol–water partition coefficient (Wildman–Crippen LogP) is 3.28. The summed E-state index contributed by atoms with van der Waals surface area (Å²) in [6.45, 7) is 0.162. The third kappa shape index (κ3) is 3.69. The molecule has 0 saturated heterocycles. The maximum absolute atomic E-state index is 10.1. The Hall–Kier alpha value is -1.58. The van der Waals surface area contributed by atoms with E-state index in [9.17, 15) is 5.11 Å². The first-order valence-electron chi connectivity index (χ1n) is 5.76. The Kier molecular flexibility index (Phi) is 4.77. The summed E-state index contributed by atoms with van der Waals surface area (Å²) < 4.78 is 6.58. The van der Waals surface area contributed by atoms with Gasteiger partial charge in [-0.2, -0.15) is 5.26 Å². The summed E-state index contributed by atoms with van der Waals surface area (Å²) in [5.74, 6) is 0.749. The maximum Gasteiger partial charge on any atom is 0.132 e. The van der Waals surface area contributed by atoms with Crippen molar-refractivity contribution < 1.29 is 9.84 Å². The van der Waals surface area contributed by atoms with Crippen LogP contribution in [0.3, 0.4) is 0 Å². The number of ether oxygens (including phenoxy) is 1. The lowest BCUT2D eigenvalue weighted by atomic mass is 10.1. The summed E-state index contributed by atoms with van der Waals surface area (Å²) in [5.41, 5.74) is 1.22. The maximum atomic E-state index is 10.1. The van der Waals surface area contributed by atoms with Crippen LogP contribution >= 0.6 is 22.6 Å². The van der Waals surface area contributed by atoms with Crippen molar-refractivity contribution in [2.75, 3.05) is 6.61 Å². The molecule has 0 aliphatic heterocycles. The predicted molar refractivity (Wildman–Crippen MR) is 80.8 cm³/mol. The van der Waals surface area contributed by atoms with Crippen LogP contribution in [0.15, 0.2) is 48.5 Å². The fraction of sp³-hybridized carbons (Fsp3) is 0.133. The van der Waals surface area contributed by atoms with Gasteiger partial charge in [-0.1, -0.05) is 24.3 Å². The van der Waals surface area contributed by atoms with Gasteiger partial charge in [0.1, 0.15) is 18.5 Å². The smallest absolute Gasteiger partial charge is 0.132 e. The van der Waals surface area contributed by atoms with Gasteiger partial charge in [0.05, 0.1) is 15.2 Å². The van der Waals surface area contributed by atoms with Gasteiger partial charge in [-0.05, 0) is 52.4 Å². The number of nitriles is 1. The molecular formula is C15H12INO2. The monoisotopic (exact) mass is 365 g/mol. The Morgan fingerprint density at radius 2 is 2.00 bits per heavy atom. The normalized spacial score (nSPS) is 11.6. The van der Waals surface area contributed by atoms with E-state index in [1.165, 1.54) is 0 Å². The molecule has 4 heteroatoms. The molecule has 1 atom stereocenters. The number of hydrogen-bond donors (Lipinski definition) is 1. The second-order valence-corrected chi connectivity index (χ2v) is 5.16. The highest BCUT2D eigenvalue weighted by atomic mass is 127. The van der Waals surface area contributed by atoms with Crippen LogP contribution in [0.4, 0.5) is 0 Å². The van der Waals surface area contributed by atoms with Crippen LogP contribution in [0.1, 0.15) is 17.2 Å². The van der Waals surface area contributed by atoms with Crippen molar-refractivity contribution in [2.24, 2.45) is 0 Å². The number of aliphatic hydroxyl groups excluding tert-OH is 1. The minimum atomic E-state index is -0.746. The van der Waals surface area contributed by atoms with Crippen molar-refractivity contribution >= 4 is 22.6 Å². The second kappa shape index (κ2) is 6.55. The Labute approximate surface area is 125 Å². The number of hydrogen-bond acceptors (Lipinski definition) is 3. The highest BCUT2D eigenvalue weighted by Gasteiger charge is 2.10. The summed E-state index contributed by atoms with van der Waals surface area (Å²) in [6.07, 6.45) is -0.746. The molecule has 0 fully saturated rings. The fourth-order valence-electron chi connectivity index (χ4n) is 1.64. The van der Waals surface area contributed by atoms with Crippen molar-refractivity contribution in [2.45, 2.75) is 6.10 Å². The average Bonchev–Trinajstić information content (AvgIpc) is 2.46. The standard InChI is InChI=1S/C15H12INO2/c16-13-6-1-2-7-15(13)19-10-14(18)12-5-3-4-11(8-12)9-17/h1-8,14,18H,10H2/t14-/m0/s1. The van der Waals surface area contributed by atoms with Gasteiger partial charge >= 0.3 is 0 Å². The molecule has 0 amide bonds. The number of nitrogens with zero attached hydrogens (tertiary/aromatic N) is 1. The molecule has 2 rings (SSSR count).